The van der Waals surface area contributed by atoms with E-state index in [0.717, 1.165) is 12.1 Å². The molecule has 0 bridgehead atoms. The van der Waals surface area contributed by atoms with E-state index in [1.165, 1.54) is 19.2 Å². The van der Waals surface area contributed by atoms with Gasteiger partial charge in [0.15, 0.2) is 5.78 Å². The zero-order valence-corrected chi connectivity index (χ0v) is 18.1. The average molecular weight is 451 g/mol. The number of ether oxygens (including phenoxy) is 2. The summed E-state index contributed by atoms with van der Waals surface area (Å²) in [6.07, 6.45) is -1.13. The standard InChI is InChI=1S/C22H23ClFN3O4/c1-22(2,3)31-21(29)27(4)11-12-8-17(26)18(15(10-25)20(12)30-5)19(28)14-9-13(24)6-7-16(14)23/h6-9H,11,26H2,1-5H3/i4D3. The van der Waals surface area contributed by atoms with Crippen LogP contribution in [0, 0.1) is 17.1 Å². The number of methoxy groups -OCH3 is 1. The van der Waals surface area contributed by atoms with Crippen LogP contribution in [0.5, 0.6) is 5.75 Å². The molecule has 0 atom stereocenters. The van der Waals surface area contributed by atoms with Gasteiger partial charge in [0.1, 0.15) is 28.8 Å². The summed E-state index contributed by atoms with van der Waals surface area (Å²) in [6.45, 7) is 1.26. The lowest BCUT2D eigenvalue weighted by molar-refractivity contribution is 0.0284. The molecule has 0 unspecified atom stereocenters. The molecule has 0 spiro atoms. The summed E-state index contributed by atoms with van der Waals surface area (Å²) in [5, 5.41) is 9.73. The van der Waals surface area contributed by atoms with Crippen molar-refractivity contribution in [1.82, 2.24) is 4.90 Å². The molecule has 1 amide bonds. The second-order valence-corrected chi connectivity index (χ2v) is 7.95. The van der Waals surface area contributed by atoms with Crippen molar-refractivity contribution in [3.8, 4) is 11.8 Å². The highest BCUT2D eigenvalue weighted by Crippen LogP contribution is 2.35. The Balaban J connectivity index is 2.65. The Morgan fingerprint density at radius 2 is 2.03 bits per heavy atom. The van der Waals surface area contributed by atoms with Crippen molar-refractivity contribution in [2.24, 2.45) is 0 Å². The van der Waals surface area contributed by atoms with E-state index in [1.807, 2.05) is 6.07 Å². The summed E-state index contributed by atoms with van der Waals surface area (Å²) in [5.74, 6) is -1.73. The summed E-state index contributed by atoms with van der Waals surface area (Å²) in [6, 6.07) is 6.20. The largest absolute Gasteiger partial charge is 0.495 e. The lowest BCUT2D eigenvalue weighted by Crippen LogP contribution is -2.34. The number of carbonyl (C=O) groups excluding carboxylic acids is 2. The molecule has 2 rings (SSSR count). The number of nitrogens with zero attached hydrogens (tertiary/aromatic N) is 2. The van der Waals surface area contributed by atoms with Crippen LogP contribution in [0.3, 0.4) is 0 Å². The first kappa shape index (κ1) is 19.6. The predicted molar refractivity (Wildman–Crippen MR) is 115 cm³/mol. The number of ketones is 1. The van der Waals surface area contributed by atoms with Crippen LogP contribution >= 0.6 is 11.6 Å². The Kier molecular flexibility index (Phi) is 5.85. The van der Waals surface area contributed by atoms with Crippen molar-refractivity contribution in [3.63, 3.8) is 0 Å². The van der Waals surface area contributed by atoms with Gasteiger partial charge in [-0.3, -0.25) is 4.79 Å². The van der Waals surface area contributed by atoms with Gasteiger partial charge in [-0.2, -0.15) is 5.26 Å². The zero-order valence-electron chi connectivity index (χ0n) is 20.4. The highest BCUT2D eigenvalue weighted by Gasteiger charge is 2.27. The normalized spacial score (nSPS) is 12.7. The first-order valence-electron chi connectivity index (χ1n) is 10.5. The molecule has 9 heteroatoms. The third-order valence-corrected chi connectivity index (χ3v) is 4.38. The SMILES string of the molecule is [2H]C([2H])([2H])N(Cc1cc(N)c(C(=O)c2cc(F)ccc2Cl)c(C#N)c1OC)C(=O)OC(C)(C)C. The second-order valence-electron chi connectivity index (χ2n) is 7.54. The molecule has 0 aromatic heterocycles. The van der Waals surface area contributed by atoms with Gasteiger partial charge in [-0.25, -0.2) is 9.18 Å². The molecule has 0 saturated heterocycles. The van der Waals surface area contributed by atoms with Crippen LogP contribution in [0.1, 0.15) is 51.9 Å². The number of nitrogens with two attached hydrogens (primary N) is 1. The molecule has 0 radical (unpaired) electrons. The van der Waals surface area contributed by atoms with Gasteiger partial charge >= 0.3 is 6.09 Å². The lowest BCUT2D eigenvalue weighted by atomic mass is 9.93. The van der Waals surface area contributed by atoms with Crippen LogP contribution in [0.4, 0.5) is 14.9 Å². The molecule has 2 aromatic rings. The minimum Gasteiger partial charge on any atom is -0.495 e. The van der Waals surface area contributed by atoms with Crippen LogP contribution < -0.4 is 10.5 Å². The van der Waals surface area contributed by atoms with Gasteiger partial charge in [0, 0.05) is 27.9 Å². The number of benzene rings is 2. The summed E-state index contributed by atoms with van der Waals surface area (Å²) in [7, 11) is 1.20. The lowest BCUT2D eigenvalue weighted by Gasteiger charge is -2.25. The average Bonchev–Trinajstić information content (AvgIpc) is 2.70. The van der Waals surface area contributed by atoms with Gasteiger partial charge in [0.2, 0.25) is 0 Å². The Morgan fingerprint density at radius 1 is 1.35 bits per heavy atom. The van der Waals surface area contributed by atoms with E-state index in [-0.39, 0.29) is 38.7 Å². The molecule has 164 valence electrons. The number of hydrogen-bond acceptors (Lipinski definition) is 6. The number of hydrogen-bond donors (Lipinski definition) is 1. The third kappa shape index (κ3) is 5.44. The van der Waals surface area contributed by atoms with E-state index in [2.05, 4.69) is 0 Å². The summed E-state index contributed by atoms with van der Waals surface area (Å²) >= 11 is 6.04. The van der Waals surface area contributed by atoms with Crippen molar-refractivity contribution in [1.29, 1.82) is 5.26 Å². The molecule has 2 aromatic carbocycles. The molecule has 0 fully saturated rings. The Labute approximate surface area is 189 Å². The second kappa shape index (κ2) is 9.23. The minimum absolute atomic E-state index is 0.0421. The number of halogens is 2. The summed E-state index contributed by atoms with van der Waals surface area (Å²) in [5.41, 5.74) is 4.08. The van der Waals surface area contributed by atoms with E-state index < -0.39 is 36.8 Å². The highest BCUT2D eigenvalue weighted by molar-refractivity contribution is 6.35. The minimum atomic E-state index is -2.90. The smallest absolute Gasteiger partial charge is 0.410 e. The Morgan fingerprint density at radius 3 is 2.58 bits per heavy atom. The van der Waals surface area contributed by atoms with Crippen molar-refractivity contribution < 1.29 is 27.6 Å². The van der Waals surface area contributed by atoms with Crippen LogP contribution in [0.15, 0.2) is 24.3 Å². The number of rotatable bonds is 5. The monoisotopic (exact) mass is 450 g/mol. The van der Waals surface area contributed by atoms with Crippen LogP contribution in [-0.2, 0) is 11.3 Å². The molecule has 0 aliphatic carbocycles. The number of anilines is 1. The van der Waals surface area contributed by atoms with Gasteiger partial charge in [-0.05, 0) is 45.0 Å². The van der Waals surface area contributed by atoms with Gasteiger partial charge in [-0.1, -0.05) is 11.6 Å². The molecule has 7 nitrogen and oxygen atoms in total. The molecule has 31 heavy (non-hydrogen) atoms. The third-order valence-electron chi connectivity index (χ3n) is 4.05. The first-order chi connectivity index (χ1) is 15.6. The quantitative estimate of drug-likeness (QED) is 0.529. The van der Waals surface area contributed by atoms with E-state index in [9.17, 15) is 19.2 Å². The highest BCUT2D eigenvalue weighted by atomic mass is 35.5. The zero-order chi connectivity index (χ0) is 26.0. The number of nitriles is 1. The van der Waals surface area contributed by atoms with Gasteiger partial charge < -0.3 is 20.1 Å². The van der Waals surface area contributed by atoms with Crippen LogP contribution in [-0.4, -0.2) is 36.5 Å². The van der Waals surface area contributed by atoms with Crippen molar-refractivity contribution in [2.45, 2.75) is 32.9 Å². The summed E-state index contributed by atoms with van der Waals surface area (Å²) < 4.78 is 47.4. The molecule has 0 aliphatic heterocycles. The fraction of sp³-hybridized carbons (Fsp3) is 0.318. The number of nitrogen functional groups attached to an aromatic ring is 1. The van der Waals surface area contributed by atoms with E-state index in [4.69, 9.17) is 30.9 Å². The first-order valence-corrected chi connectivity index (χ1v) is 9.38. The maximum Gasteiger partial charge on any atom is 0.410 e. The van der Waals surface area contributed by atoms with Crippen molar-refractivity contribution in [3.05, 3.63) is 57.4 Å². The Bertz CT molecular complexity index is 1170. The molecule has 0 heterocycles. The van der Waals surface area contributed by atoms with Crippen molar-refractivity contribution in [2.75, 3.05) is 19.8 Å². The molecular weight excluding hydrogens is 425 g/mol. The predicted octanol–water partition coefficient (Wildman–Crippen LogP) is 4.54. The van der Waals surface area contributed by atoms with Crippen LogP contribution in [0.25, 0.3) is 0 Å². The van der Waals surface area contributed by atoms with E-state index in [1.54, 1.807) is 20.8 Å². The fourth-order valence-corrected chi connectivity index (χ4v) is 3.01. The topological polar surface area (TPSA) is 106 Å². The van der Waals surface area contributed by atoms with E-state index in [0.29, 0.717) is 4.90 Å². The molecule has 0 saturated carbocycles. The summed E-state index contributed by atoms with van der Waals surface area (Å²) in [4.78, 5) is 26.2. The van der Waals surface area contributed by atoms with Crippen molar-refractivity contribution >= 4 is 29.2 Å². The molecular formula is C22H23ClFN3O4. The fourth-order valence-electron chi connectivity index (χ4n) is 2.80. The maximum absolute atomic E-state index is 13.7. The molecule has 2 N–H and O–H groups in total. The van der Waals surface area contributed by atoms with Gasteiger partial charge in [0.05, 0.1) is 24.2 Å². The Hall–Kier alpha value is -3.31. The molecule has 0 aliphatic rings. The van der Waals surface area contributed by atoms with E-state index >= 15 is 0 Å². The maximum atomic E-state index is 13.7. The number of carbonyl (C=O) groups is 2. The van der Waals surface area contributed by atoms with Crippen LogP contribution in [0.2, 0.25) is 5.02 Å². The van der Waals surface area contributed by atoms with Gasteiger partial charge in [-0.15, -0.1) is 0 Å². The number of amides is 1. The van der Waals surface area contributed by atoms with Gasteiger partial charge in [0.25, 0.3) is 0 Å².